The van der Waals surface area contributed by atoms with Gasteiger partial charge in [0.15, 0.2) is 0 Å². The molecule has 2 fully saturated rings. The lowest BCUT2D eigenvalue weighted by Gasteiger charge is -2.49. The third kappa shape index (κ3) is 4.48. The van der Waals surface area contributed by atoms with Crippen molar-refractivity contribution < 1.29 is 14.3 Å². The number of nitrogens with two attached hydrogens (primary N) is 1. The van der Waals surface area contributed by atoms with Crippen molar-refractivity contribution in [1.29, 1.82) is 0 Å². The average Bonchev–Trinajstić information content (AvgIpc) is 2.68. The van der Waals surface area contributed by atoms with Gasteiger partial charge in [-0.15, -0.1) is 0 Å². The number of carbonyl (C=O) groups excluding carboxylic acids is 1. The van der Waals surface area contributed by atoms with Crippen LogP contribution >= 0.6 is 0 Å². The number of nitrogen functional groups attached to an aromatic ring is 1. The van der Waals surface area contributed by atoms with Gasteiger partial charge in [0.25, 0.3) is 0 Å². The zero-order valence-electron chi connectivity index (χ0n) is 16.3. The first-order valence-corrected chi connectivity index (χ1v) is 9.96. The van der Waals surface area contributed by atoms with Gasteiger partial charge >= 0.3 is 0 Å². The van der Waals surface area contributed by atoms with E-state index in [0.29, 0.717) is 36.8 Å². The first-order valence-electron chi connectivity index (χ1n) is 9.96. The molecule has 29 heavy (non-hydrogen) atoms. The van der Waals surface area contributed by atoms with Crippen LogP contribution in [0, 0.1) is 11.2 Å². The second-order valence-electron chi connectivity index (χ2n) is 8.21. The highest BCUT2D eigenvalue weighted by Crippen LogP contribution is 2.40. The summed E-state index contributed by atoms with van der Waals surface area (Å²) in [5, 5.41) is 10.5. The van der Waals surface area contributed by atoms with E-state index in [4.69, 9.17) is 5.73 Å². The molecule has 0 bridgehead atoms. The Labute approximate surface area is 169 Å². The Balaban J connectivity index is 1.41. The maximum absolute atomic E-state index is 13.4. The van der Waals surface area contributed by atoms with Crippen molar-refractivity contribution in [3.8, 4) is 0 Å². The summed E-state index contributed by atoms with van der Waals surface area (Å²) in [5.74, 6) is 0.643. The van der Waals surface area contributed by atoms with Gasteiger partial charge in [-0.2, -0.15) is 4.98 Å². The maximum Gasteiger partial charge on any atom is 0.227 e. The van der Waals surface area contributed by atoms with E-state index in [0.717, 1.165) is 25.9 Å². The second-order valence-corrected chi connectivity index (χ2v) is 8.21. The number of amides is 1. The Morgan fingerprint density at radius 3 is 2.83 bits per heavy atom. The minimum Gasteiger partial charge on any atom is -0.391 e. The van der Waals surface area contributed by atoms with Crippen molar-refractivity contribution in [2.75, 3.05) is 36.8 Å². The van der Waals surface area contributed by atoms with Crippen molar-refractivity contribution in [2.24, 2.45) is 5.41 Å². The first-order chi connectivity index (χ1) is 13.9. The molecule has 3 N–H and O–H groups in total. The number of β-amino-alcohol motifs (C(OH)–C–C–N with tert-alkyl or cyclic N) is 1. The number of aromatic nitrogens is 2. The summed E-state index contributed by atoms with van der Waals surface area (Å²) in [7, 11) is 0. The molecule has 0 aliphatic carbocycles. The molecule has 2 aromatic rings. The van der Waals surface area contributed by atoms with Gasteiger partial charge in [0.2, 0.25) is 11.9 Å². The summed E-state index contributed by atoms with van der Waals surface area (Å²) in [4.78, 5) is 25.3. The van der Waals surface area contributed by atoms with Gasteiger partial charge in [-0.05, 0) is 48.4 Å². The number of hydrogen-bond acceptors (Lipinski definition) is 6. The molecule has 1 aromatic carbocycles. The average molecular weight is 399 g/mol. The lowest BCUT2D eigenvalue weighted by molar-refractivity contribution is -0.138. The topological polar surface area (TPSA) is 95.6 Å². The molecular formula is C21H26FN5O2. The van der Waals surface area contributed by atoms with Gasteiger partial charge in [0, 0.05) is 32.4 Å². The summed E-state index contributed by atoms with van der Waals surface area (Å²) in [5.41, 5.74) is 6.30. The van der Waals surface area contributed by atoms with Gasteiger partial charge in [0.1, 0.15) is 11.6 Å². The van der Waals surface area contributed by atoms with Gasteiger partial charge in [0.05, 0.1) is 12.5 Å². The number of rotatable bonds is 3. The van der Waals surface area contributed by atoms with Crippen LogP contribution in [0.25, 0.3) is 0 Å². The zero-order valence-corrected chi connectivity index (χ0v) is 16.3. The lowest BCUT2D eigenvalue weighted by atomic mass is 9.71. The Hall–Kier alpha value is -2.74. The van der Waals surface area contributed by atoms with Crippen LogP contribution in [0.1, 0.15) is 24.8 Å². The number of piperidine rings is 2. The largest absolute Gasteiger partial charge is 0.391 e. The number of carbonyl (C=O) groups is 1. The molecule has 2 aliphatic heterocycles. The Morgan fingerprint density at radius 1 is 1.31 bits per heavy atom. The predicted molar refractivity (Wildman–Crippen MR) is 108 cm³/mol. The molecule has 3 heterocycles. The number of likely N-dealkylation sites (tertiary alicyclic amines) is 1. The summed E-state index contributed by atoms with van der Waals surface area (Å²) in [6.07, 6.45) is 3.61. The van der Waals surface area contributed by atoms with Gasteiger partial charge < -0.3 is 20.6 Å². The van der Waals surface area contributed by atoms with Crippen LogP contribution in [0.4, 0.5) is 16.2 Å². The van der Waals surface area contributed by atoms with Crippen LogP contribution in [-0.4, -0.2) is 58.2 Å². The summed E-state index contributed by atoms with van der Waals surface area (Å²) >= 11 is 0. The molecule has 154 valence electrons. The van der Waals surface area contributed by atoms with E-state index in [1.807, 2.05) is 0 Å². The van der Waals surface area contributed by atoms with E-state index < -0.39 is 6.10 Å². The third-order valence-electron chi connectivity index (χ3n) is 5.99. The maximum atomic E-state index is 13.4. The molecule has 7 nitrogen and oxygen atoms in total. The Kier molecular flexibility index (Phi) is 5.36. The van der Waals surface area contributed by atoms with Crippen molar-refractivity contribution in [3.05, 3.63) is 47.9 Å². The monoisotopic (exact) mass is 399 g/mol. The molecule has 2 aliphatic rings. The SMILES string of the molecule is Nc1ccnc(N2CCC3(CC2)CC(O)CN(C(=O)Cc2cccc(F)c2)C3)n1. The number of nitrogens with zero attached hydrogens (tertiary/aromatic N) is 4. The summed E-state index contributed by atoms with van der Waals surface area (Å²) < 4.78 is 13.4. The van der Waals surface area contributed by atoms with Crippen LogP contribution in [-0.2, 0) is 11.2 Å². The van der Waals surface area contributed by atoms with Gasteiger partial charge in [-0.3, -0.25) is 4.79 Å². The van der Waals surface area contributed by atoms with Crippen LogP contribution in [0.3, 0.4) is 0 Å². The first kappa shape index (κ1) is 19.6. The predicted octanol–water partition coefficient (Wildman–Crippen LogP) is 1.62. The smallest absolute Gasteiger partial charge is 0.227 e. The number of aliphatic hydroxyl groups excluding tert-OH is 1. The van der Waals surface area contributed by atoms with Crippen molar-refractivity contribution in [3.63, 3.8) is 0 Å². The molecule has 1 aromatic heterocycles. The standard InChI is InChI=1S/C21H26FN5O2/c22-16-3-1-2-15(10-16)11-19(29)27-13-17(28)12-21(14-27)5-8-26(9-6-21)20-24-7-4-18(23)25-20/h1-4,7,10,17,28H,5-6,8-9,11-14H2,(H2,23,24,25). The quantitative estimate of drug-likeness (QED) is 0.814. The van der Waals surface area contributed by atoms with E-state index in [1.54, 1.807) is 29.3 Å². The van der Waals surface area contributed by atoms with E-state index in [2.05, 4.69) is 14.9 Å². The third-order valence-corrected chi connectivity index (χ3v) is 5.99. The zero-order chi connectivity index (χ0) is 20.4. The number of benzene rings is 1. The number of aliphatic hydroxyl groups is 1. The van der Waals surface area contributed by atoms with Crippen LogP contribution in [0.15, 0.2) is 36.5 Å². The highest BCUT2D eigenvalue weighted by Gasteiger charge is 2.43. The van der Waals surface area contributed by atoms with Crippen molar-refractivity contribution in [2.45, 2.75) is 31.8 Å². The molecule has 2 saturated heterocycles. The fourth-order valence-electron chi connectivity index (χ4n) is 4.53. The van der Waals surface area contributed by atoms with E-state index >= 15 is 0 Å². The summed E-state index contributed by atoms with van der Waals surface area (Å²) in [6.45, 7) is 2.45. The van der Waals surface area contributed by atoms with Crippen LogP contribution in [0.2, 0.25) is 0 Å². The molecule has 0 saturated carbocycles. The summed E-state index contributed by atoms with van der Waals surface area (Å²) in [6, 6.07) is 7.78. The van der Waals surface area contributed by atoms with E-state index in [1.165, 1.54) is 12.1 Å². The normalized spacial score (nSPS) is 21.4. The van der Waals surface area contributed by atoms with Crippen LogP contribution in [0.5, 0.6) is 0 Å². The van der Waals surface area contributed by atoms with Gasteiger partial charge in [-0.25, -0.2) is 9.37 Å². The van der Waals surface area contributed by atoms with Crippen molar-refractivity contribution >= 4 is 17.7 Å². The molecule has 1 unspecified atom stereocenters. The van der Waals surface area contributed by atoms with Gasteiger partial charge in [-0.1, -0.05) is 12.1 Å². The molecule has 1 atom stereocenters. The molecular weight excluding hydrogens is 373 g/mol. The molecule has 0 radical (unpaired) electrons. The van der Waals surface area contributed by atoms with Crippen molar-refractivity contribution in [1.82, 2.24) is 14.9 Å². The number of halogens is 1. The number of hydrogen-bond donors (Lipinski definition) is 2. The molecule has 8 heteroatoms. The fraction of sp³-hybridized carbons (Fsp3) is 0.476. The lowest BCUT2D eigenvalue weighted by Crippen LogP contribution is -2.55. The molecule has 1 amide bonds. The second kappa shape index (κ2) is 7.94. The highest BCUT2D eigenvalue weighted by molar-refractivity contribution is 5.79. The Bertz CT molecular complexity index is 885. The Morgan fingerprint density at radius 2 is 2.10 bits per heavy atom. The highest BCUT2D eigenvalue weighted by atomic mass is 19.1. The fourth-order valence-corrected chi connectivity index (χ4v) is 4.53. The van der Waals surface area contributed by atoms with E-state index in [-0.39, 0.29) is 23.6 Å². The molecule has 4 rings (SSSR count). The molecule has 1 spiro atoms. The number of anilines is 2. The van der Waals surface area contributed by atoms with Crippen LogP contribution < -0.4 is 10.6 Å². The van der Waals surface area contributed by atoms with E-state index in [9.17, 15) is 14.3 Å². The minimum absolute atomic E-state index is 0.0738. The minimum atomic E-state index is -0.546.